The second-order valence-corrected chi connectivity index (χ2v) is 5.51. The van der Waals surface area contributed by atoms with Gasteiger partial charge in [0.25, 0.3) is 0 Å². The average Bonchev–Trinajstić information content (AvgIpc) is 2.85. The fourth-order valence-corrected chi connectivity index (χ4v) is 3.10. The quantitative estimate of drug-likeness (QED) is 0.904. The van der Waals surface area contributed by atoms with Gasteiger partial charge in [-0.15, -0.1) is 11.3 Å². The zero-order valence-corrected chi connectivity index (χ0v) is 11.4. The van der Waals surface area contributed by atoms with Crippen LogP contribution >= 0.6 is 11.3 Å². The minimum Gasteiger partial charge on any atom is -0.323 e. The van der Waals surface area contributed by atoms with Gasteiger partial charge < -0.3 is 5.73 Å². The minimum absolute atomic E-state index is 0.177. The second kappa shape index (κ2) is 5.02. The Morgan fingerprint density at radius 1 is 1.47 bits per heavy atom. The van der Waals surface area contributed by atoms with Crippen LogP contribution in [-0.2, 0) is 7.05 Å². The highest BCUT2D eigenvalue weighted by Crippen LogP contribution is 2.33. The van der Waals surface area contributed by atoms with Crippen molar-refractivity contribution in [2.75, 3.05) is 0 Å². The lowest BCUT2D eigenvalue weighted by atomic mass is 10.1. The van der Waals surface area contributed by atoms with Gasteiger partial charge in [0, 0.05) is 34.6 Å². The number of aryl methyl sites for hydroxylation is 2. The number of nitrogens with two attached hydrogens (primary N) is 1. The molecule has 17 heavy (non-hydrogen) atoms. The molecule has 3 nitrogen and oxygen atoms in total. The van der Waals surface area contributed by atoms with E-state index >= 15 is 0 Å². The van der Waals surface area contributed by atoms with Crippen molar-refractivity contribution in [3.05, 3.63) is 28.9 Å². The molecular formula is C13H19N3S. The van der Waals surface area contributed by atoms with Gasteiger partial charge >= 0.3 is 0 Å². The fraction of sp³-hybridized carbons (Fsp3) is 0.462. The maximum atomic E-state index is 6.13. The molecule has 2 N–H and O–H groups in total. The summed E-state index contributed by atoms with van der Waals surface area (Å²) in [6, 6.07) is 4.47. The highest BCUT2D eigenvalue weighted by molar-refractivity contribution is 7.15. The average molecular weight is 249 g/mol. The van der Waals surface area contributed by atoms with Crippen LogP contribution in [0.3, 0.4) is 0 Å². The van der Waals surface area contributed by atoms with Gasteiger partial charge in [-0.2, -0.15) is 5.10 Å². The van der Waals surface area contributed by atoms with Crippen LogP contribution in [0.5, 0.6) is 0 Å². The van der Waals surface area contributed by atoms with Crippen molar-refractivity contribution in [2.24, 2.45) is 12.8 Å². The third-order valence-corrected chi connectivity index (χ3v) is 4.12. The first-order valence-electron chi connectivity index (χ1n) is 5.97. The van der Waals surface area contributed by atoms with Gasteiger partial charge in [-0.05, 0) is 25.5 Å². The molecule has 0 amide bonds. The number of hydrogen-bond acceptors (Lipinski definition) is 3. The lowest BCUT2D eigenvalue weighted by Gasteiger charge is -2.06. The van der Waals surface area contributed by atoms with Gasteiger partial charge in [-0.3, -0.25) is 4.68 Å². The molecule has 0 aliphatic carbocycles. The van der Waals surface area contributed by atoms with E-state index in [0.717, 1.165) is 18.5 Å². The first-order valence-corrected chi connectivity index (χ1v) is 6.79. The lowest BCUT2D eigenvalue weighted by molar-refractivity contribution is 0.648. The predicted molar refractivity (Wildman–Crippen MR) is 73.1 cm³/mol. The third kappa shape index (κ3) is 2.58. The van der Waals surface area contributed by atoms with E-state index < -0.39 is 0 Å². The van der Waals surface area contributed by atoms with E-state index in [4.69, 9.17) is 5.73 Å². The normalized spacial score (nSPS) is 12.9. The first-order chi connectivity index (χ1) is 8.11. The van der Waals surface area contributed by atoms with Crippen LogP contribution in [0.4, 0.5) is 0 Å². The van der Waals surface area contributed by atoms with Crippen LogP contribution in [0.25, 0.3) is 10.4 Å². The van der Waals surface area contributed by atoms with Crippen molar-refractivity contribution in [3.8, 4) is 10.4 Å². The van der Waals surface area contributed by atoms with E-state index in [1.54, 1.807) is 11.3 Å². The molecule has 0 fully saturated rings. The van der Waals surface area contributed by atoms with E-state index in [1.807, 2.05) is 18.7 Å². The summed E-state index contributed by atoms with van der Waals surface area (Å²) in [4.78, 5) is 2.53. The molecule has 0 aliphatic rings. The molecule has 1 atom stereocenters. The molecule has 92 valence electrons. The van der Waals surface area contributed by atoms with Crippen LogP contribution in [0.1, 0.15) is 36.4 Å². The van der Waals surface area contributed by atoms with Gasteiger partial charge in [0.15, 0.2) is 0 Å². The molecule has 0 radical (unpaired) electrons. The van der Waals surface area contributed by atoms with E-state index in [1.165, 1.54) is 15.3 Å². The number of nitrogens with zero attached hydrogens (tertiary/aromatic N) is 2. The standard InChI is InChI=1S/C13H19N3S/c1-4-5-11(14)13-7-6-12(17-13)10-8-16(3)15-9(10)2/h6-8,11H,4-5,14H2,1-3H3. The Morgan fingerprint density at radius 2 is 2.24 bits per heavy atom. The molecule has 0 saturated carbocycles. The molecule has 0 spiro atoms. The Hall–Kier alpha value is -1.13. The highest BCUT2D eigenvalue weighted by atomic mass is 32.1. The monoisotopic (exact) mass is 249 g/mol. The van der Waals surface area contributed by atoms with Gasteiger partial charge in [-0.1, -0.05) is 13.3 Å². The molecule has 0 aromatic carbocycles. The zero-order chi connectivity index (χ0) is 12.4. The molecular weight excluding hydrogens is 230 g/mol. The molecule has 0 aliphatic heterocycles. The lowest BCUT2D eigenvalue weighted by Crippen LogP contribution is -2.07. The Morgan fingerprint density at radius 3 is 2.82 bits per heavy atom. The molecule has 2 heterocycles. The van der Waals surface area contributed by atoms with Crippen molar-refractivity contribution in [3.63, 3.8) is 0 Å². The van der Waals surface area contributed by atoms with Crippen molar-refractivity contribution in [1.82, 2.24) is 9.78 Å². The molecule has 0 saturated heterocycles. The maximum Gasteiger partial charge on any atom is 0.0680 e. The van der Waals surface area contributed by atoms with Crippen molar-refractivity contribution < 1.29 is 0 Å². The summed E-state index contributed by atoms with van der Waals surface area (Å²) < 4.78 is 1.86. The number of thiophene rings is 1. The summed E-state index contributed by atoms with van der Waals surface area (Å²) in [5.74, 6) is 0. The molecule has 2 aromatic heterocycles. The molecule has 0 bridgehead atoms. The molecule has 4 heteroatoms. The van der Waals surface area contributed by atoms with E-state index in [9.17, 15) is 0 Å². The number of rotatable bonds is 4. The van der Waals surface area contributed by atoms with Crippen molar-refractivity contribution >= 4 is 11.3 Å². The van der Waals surface area contributed by atoms with Crippen LogP contribution in [0.2, 0.25) is 0 Å². The summed E-state index contributed by atoms with van der Waals surface area (Å²) in [6.45, 7) is 4.21. The maximum absolute atomic E-state index is 6.13. The summed E-state index contributed by atoms with van der Waals surface area (Å²) >= 11 is 1.78. The molecule has 1 unspecified atom stereocenters. The molecule has 2 rings (SSSR count). The second-order valence-electron chi connectivity index (χ2n) is 4.40. The summed E-state index contributed by atoms with van der Waals surface area (Å²) in [6.07, 6.45) is 4.24. The van der Waals surface area contributed by atoms with E-state index in [0.29, 0.717) is 0 Å². The van der Waals surface area contributed by atoms with Gasteiger partial charge in [0.05, 0.1) is 5.69 Å². The summed E-state index contributed by atoms with van der Waals surface area (Å²) in [7, 11) is 1.95. The van der Waals surface area contributed by atoms with E-state index in [-0.39, 0.29) is 6.04 Å². The SMILES string of the molecule is CCCC(N)c1ccc(-c2cn(C)nc2C)s1. The topological polar surface area (TPSA) is 43.8 Å². The van der Waals surface area contributed by atoms with Crippen LogP contribution < -0.4 is 5.73 Å². The van der Waals surface area contributed by atoms with Gasteiger partial charge in [0.2, 0.25) is 0 Å². The fourth-order valence-electron chi connectivity index (χ4n) is 1.99. The third-order valence-electron chi connectivity index (χ3n) is 2.87. The zero-order valence-electron chi connectivity index (χ0n) is 10.6. The van der Waals surface area contributed by atoms with Crippen LogP contribution in [0, 0.1) is 6.92 Å². The Bertz CT molecular complexity index is 498. The van der Waals surface area contributed by atoms with Gasteiger partial charge in [-0.25, -0.2) is 0 Å². The van der Waals surface area contributed by atoms with Crippen LogP contribution in [0.15, 0.2) is 18.3 Å². The minimum atomic E-state index is 0.177. The Labute approximate surface area is 106 Å². The van der Waals surface area contributed by atoms with Gasteiger partial charge in [0.1, 0.15) is 0 Å². The smallest absolute Gasteiger partial charge is 0.0680 e. The first kappa shape index (κ1) is 12.3. The van der Waals surface area contributed by atoms with E-state index in [2.05, 4.69) is 30.4 Å². The molecule has 2 aromatic rings. The summed E-state index contributed by atoms with van der Waals surface area (Å²) in [5.41, 5.74) is 8.42. The van der Waals surface area contributed by atoms with Crippen LogP contribution in [-0.4, -0.2) is 9.78 Å². The highest BCUT2D eigenvalue weighted by Gasteiger charge is 2.12. The predicted octanol–water partition coefficient (Wildman–Crippen LogP) is 3.26. The number of hydrogen-bond donors (Lipinski definition) is 1. The Balaban J connectivity index is 2.26. The Kier molecular flexibility index (Phi) is 3.64. The summed E-state index contributed by atoms with van der Waals surface area (Å²) in [5, 5.41) is 4.37. The number of aromatic nitrogens is 2. The largest absolute Gasteiger partial charge is 0.323 e. The van der Waals surface area contributed by atoms with Crippen molar-refractivity contribution in [1.29, 1.82) is 0 Å². The van der Waals surface area contributed by atoms with Crippen molar-refractivity contribution in [2.45, 2.75) is 32.7 Å².